The maximum atomic E-state index is 12.8. The SMILES string of the molecule is CCC(O)c1cn2ncnc(N)c2c1-c1ccc(NC(=O)Nc2cc(C(F)(F)F)ccn2)cc1. The van der Waals surface area contributed by atoms with Gasteiger partial charge in [-0.05, 0) is 36.2 Å². The molecule has 0 saturated carbocycles. The van der Waals surface area contributed by atoms with Gasteiger partial charge in [0.2, 0.25) is 0 Å². The molecule has 12 heteroatoms. The summed E-state index contributed by atoms with van der Waals surface area (Å²) in [5.74, 6) is 0.00705. The van der Waals surface area contributed by atoms with E-state index in [0.29, 0.717) is 34.3 Å². The first kappa shape index (κ1) is 23.0. The van der Waals surface area contributed by atoms with E-state index in [1.54, 1.807) is 35.0 Å². The molecule has 34 heavy (non-hydrogen) atoms. The largest absolute Gasteiger partial charge is 0.416 e. The second kappa shape index (κ2) is 8.98. The van der Waals surface area contributed by atoms with Crippen LogP contribution in [0.3, 0.4) is 0 Å². The molecule has 9 nitrogen and oxygen atoms in total. The van der Waals surface area contributed by atoms with Crippen LogP contribution in [-0.4, -0.2) is 30.7 Å². The highest BCUT2D eigenvalue weighted by Gasteiger charge is 2.30. The van der Waals surface area contributed by atoms with Crippen molar-refractivity contribution in [1.29, 1.82) is 0 Å². The maximum absolute atomic E-state index is 12.8. The van der Waals surface area contributed by atoms with Crippen molar-refractivity contribution in [1.82, 2.24) is 19.6 Å². The maximum Gasteiger partial charge on any atom is 0.416 e. The van der Waals surface area contributed by atoms with Crippen LogP contribution in [-0.2, 0) is 6.18 Å². The molecule has 2 amide bonds. The third-order valence-electron chi connectivity index (χ3n) is 5.14. The number of fused-ring (bicyclic) bond motifs is 1. The molecule has 1 atom stereocenters. The van der Waals surface area contributed by atoms with Crippen molar-refractivity contribution < 1.29 is 23.1 Å². The lowest BCUT2D eigenvalue weighted by Gasteiger charge is -2.12. The Hall–Kier alpha value is -4.19. The predicted octanol–water partition coefficient (Wildman–Crippen LogP) is 4.48. The monoisotopic (exact) mass is 471 g/mol. The van der Waals surface area contributed by atoms with Gasteiger partial charge in [0.25, 0.3) is 0 Å². The number of carbonyl (C=O) groups is 1. The number of hydrogen-bond acceptors (Lipinski definition) is 6. The zero-order valence-electron chi connectivity index (χ0n) is 17.8. The van der Waals surface area contributed by atoms with Crippen molar-refractivity contribution in [2.45, 2.75) is 25.6 Å². The molecular weight excluding hydrogens is 451 g/mol. The smallest absolute Gasteiger partial charge is 0.388 e. The topological polar surface area (TPSA) is 130 Å². The molecule has 0 saturated heterocycles. The molecule has 1 aromatic carbocycles. The number of pyridine rings is 1. The Labute approximate surface area is 191 Å². The van der Waals surface area contributed by atoms with E-state index in [1.807, 2.05) is 6.92 Å². The zero-order chi connectivity index (χ0) is 24.5. The molecule has 4 rings (SSSR count). The summed E-state index contributed by atoms with van der Waals surface area (Å²) in [6, 6.07) is 7.45. The molecule has 1 unspecified atom stereocenters. The quantitative estimate of drug-likeness (QED) is 0.340. The minimum Gasteiger partial charge on any atom is -0.388 e. The summed E-state index contributed by atoms with van der Waals surface area (Å²) >= 11 is 0. The number of hydrogen-bond donors (Lipinski definition) is 4. The lowest BCUT2D eigenvalue weighted by atomic mass is 9.98. The van der Waals surface area contributed by atoms with Gasteiger partial charge < -0.3 is 16.2 Å². The van der Waals surface area contributed by atoms with Gasteiger partial charge in [0.1, 0.15) is 17.7 Å². The first-order valence-corrected chi connectivity index (χ1v) is 10.2. The molecule has 0 spiro atoms. The molecule has 0 fully saturated rings. The van der Waals surface area contributed by atoms with E-state index in [-0.39, 0.29) is 11.6 Å². The number of aliphatic hydroxyl groups excluding tert-OH is 1. The molecule has 3 heterocycles. The minimum atomic E-state index is -4.55. The van der Waals surface area contributed by atoms with E-state index in [1.165, 1.54) is 6.33 Å². The zero-order valence-corrected chi connectivity index (χ0v) is 17.8. The van der Waals surface area contributed by atoms with Crippen molar-refractivity contribution in [3.05, 3.63) is 66.2 Å². The van der Waals surface area contributed by atoms with E-state index in [2.05, 4.69) is 25.7 Å². The average molecular weight is 471 g/mol. The molecular formula is C22H20F3N7O2. The number of aliphatic hydroxyl groups is 1. The molecule has 3 aromatic heterocycles. The van der Waals surface area contributed by atoms with Crippen LogP contribution >= 0.6 is 0 Å². The van der Waals surface area contributed by atoms with E-state index >= 15 is 0 Å². The number of benzene rings is 1. The Morgan fingerprint density at radius 1 is 1.18 bits per heavy atom. The summed E-state index contributed by atoms with van der Waals surface area (Å²) in [5, 5.41) is 19.5. The number of aromatic nitrogens is 4. The van der Waals surface area contributed by atoms with Gasteiger partial charge in [0, 0.05) is 29.2 Å². The second-order valence-electron chi connectivity index (χ2n) is 7.41. The third-order valence-corrected chi connectivity index (χ3v) is 5.14. The highest BCUT2D eigenvalue weighted by Crippen LogP contribution is 2.37. The number of halogens is 3. The van der Waals surface area contributed by atoms with Crippen molar-refractivity contribution in [2.24, 2.45) is 0 Å². The van der Waals surface area contributed by atoms with Crippen LogP contribution in [0.4, 0.5) is 35.3 Å². The number of anilines is 3. The Bertz CT molecular complexity index is 1340. The molecule has 176 valence electrons. The number of nitrogens with two attached hydrogens (primary N) is 1. The van der Waals surface area contributed by atoms with Crippen LogP contribution < -0.4 is 16.4 Å². The average Bonchev–Trinajstić information content (AvgIpc) is 3.19. The molecule has 5 N–H and O–H groups in total. The number of nitrogens with one attached hydrogen (secondary N) is 2. The predicted molar refractivity (Wildman–Crippen MR) is 120 cm³/mol. The molecule has 4 aromatic rings. The summed E-state index contributed by atoms with van der Waals surface area (Å²) in [6.07, 6.45) is -0.849. The third kappa shape index (κ3) is 4.62. The standard InChI is InChI=1S/C22H20F3N7O2/c1-2-16(33)15-10-32-19(20(26)28-11-29-32)18(15)12-3-5-14(6-4-12)30-21(34)31-17-9-13(7-8-27-17)22(23,24)25/h3-11,16,33H,2H2,1H3,(H2,26,28,29)(H2,27,30,31,34). The summed E-state index contributed by atoms with van der Waals surface area (Å²) in [4.78, 5) is 20.0. The van der Waals surface area contributed by atoms with Crippen molar-refractivity contribution in [3.63, 3.8) is 0 Å². The van der Waals surface area contributed by atoms with Gasteiger partial charge in [-0.15, -0.1) is 0 Å². The second-order valence-corrected chi connectivity index (χ2v) is 7.41. The summed E-state index contributed by atoms with van der Waals surface area (Å²) < 4.78 is 40.1. The fourth-order valence-corrected chi connectivity index (χ4v) is 3.50. The van der Waals surface area contributed by atoms with E-state index in [0.717, 1.165) is 18.3 Å². The van der Waals surface area contributed by atoms with E-state index in [9.17, 15) is 23.1 Å². The van der Waals surface area contributed by atoms with Gasteiger partial charge in [0.05, 0.1) is 11.7 Å². The van der Waals surface area contributed by atoms with Crippen LogP contribution in [0.2, 0.25) is 0 Å². The highest BCUT2D eigenvalue weighted by atomic mass is 19.4. The van der Waals surface area contributed by atoms with Gasteiger partial charge in [-0.25, -0.2) is 19.3 Å². The summed E-state index contributed by atoms with van der Waals surface area (Å²) in [7, 11) is 0. The fraction of sp³-hybridized carbons (Fsp3) is 0.182. The Morgan fingerprint density at radius 3 is 2.59 bits per heavy atom. The number of carbonyl (C=O) groups excluding carboxylic acids is 1. The first-order chi connectivity index (χ1) is 16.2. The lowest BCUT2D eigenvalue weighted by molar-refractivity contribution is -0.137. The lowest BCUT2D eigenvalue weighted by Crippen LogP contribution is -2.20. The van der Waals surface area contributed by atoms with Gasteiger partial charge in [0.15, 0.2) is 5.82 Å². The van der Waals surface area contributed by atoms with Gasteiger partial charge >= 0.3 is 12.2 Å². The minimum absolute atomic E-state index is 0.238. The van der Waals surface area contributed by atoms with Crippen LogP contribution in [0, 0.1) is 0 Å². The van der Waals surface area contributed by atoms with Gasteiger partial charge in [-0.3, -0.25) is 5.32 Å². The van der Waals surface area contributed by atoms with Crippen LogP contribution in [0.25, 0.3) is 16.6 Å². The number of rotatable bonds is 5. The normalized spacial score (nSPS) is 12.5. The van der Waals surface area contributed by atoms with Crippen molar-refractivity contribution >= 4 is 28.9 Å². The summed E-state index contributed by atoms with van der Waals surface area (Å²) in [6.45, 7) is 1.84. The Kier molecular flexibility index (Phi) is 6.07. The number of amides is 2. The molecule has 0 aliphatic heterocycles. The van der Waals surface area contributed by atoms with E-state index in [4.69, 9.17) is 5.73 Å². The number of nitrogen functional groups attached to an aromatic ring is 1. The number of alkyl halides is 3. The fourth-order valence-electron chi connectivity index (χ4n) is 3.50. The van der Waals surface area contributed by atoms with Crippen molar-refractivity contribution in [3.8, 4) is 11.1 Å². The van der Waals surface area contributed by atoms with Crippen LogP contribution in [0.1, 0.15) is 30.6 Å². The van der Waals surface area contributed by atoms with Crippen LogP contribution in [0.5, 0.6) is 0 Å². The molecule has 0 aliphatic rings. The van der Waals surface area contributed by atoms with Crippen molar-refractivity contribution in [2.75, 3.05) is 16.4 Å². The summed E-state index contributed by atoms with van der Waals surface area (Å²) in [5.41, 5.74) is 8.07. The van der Waals surface area contributed by atoms with E-state index < -0.39 is 23.9 Å². The molecule has 0 aliphatic carbocycles. The number of nitrogens with zero attached hydrogens (tertiary/aromatic N) is 4. The number of urea groups is 1. The molecule has 0 radical (unpaired) electrons. The van der Waals surface area contributed by atoms with Gasteiger partial charge in [-0.1, -0.05) is 19.1 Å². The molecule has 0 bridgehead atoms. The first-order valence-electron chi connectivity index (χ1n) is 10.2. The Morgan fingerprint density at radius 2 is 1.91 bits per heavy atom. The van der Waals surface area contributed by atoms with Crippen LogP contribution in [0.15, 0.2) is 55.1 Å². The highest BCUT2D eigenvalue weighted by molar-refractivity contribution is 5.99. The Balaban J connectivity index is 1.57. The van der Waals surface area contributed by atoms with Gasteiger partial charge in [-0.2, -0.15) is 18.3 Å².